The fourth-order valence-corrected chi connectivity index (χ4v) is 4.10. The standard InChI is InChI=1S/C28H20/c1-3-19-5-7-20(8-6-19)9-10-22-12-14-24-15-17-25-21(4-2)11-13-23-16-18-26(22)28(24)27(23)25/h3-18H,1-2H2/b10-9+. The smallest absolute Gasteiger partial charge is 0.00206 e. The van der Waals surface area contributed by atoms with E-state index in [0.717, 1.165) is 5.56 Å². The highest BCUT2D eigenvalue weighted by Gasteiger charge is 2.11. The fraction of sp³-hybridized carbons (Fsp3) is 0. The lowest BCUT2D eigenvalue weighted by atomic mass is 9.90. The van der Waals surface area contributed by atoms with Crippen molar-refractivity contribution >= 4 is 56.6 Å². The summed E-state index contributed by atoms with van der Waals surface area (Å²) in [6.07, 6.45) is 8.20. The van der Waals surface area contributed by atoms with Gasteiger partial charge in [0.15, 0.2) is 0 Å². The highest BCUT2D eigenvalue weighted by Crippen LogP contribution is 2.38. The van der Waals surface area contributed by atoms with Crippen LogP contribution < -0.4 is 0 Å². The van der Waals surface area contributed by atoms with Crippen LogP contribution in [0.1, 0.15) is 22.3 Å². The second-order valence-corrected chi connectivity index (χ2v) is 7.14. The van der Waals surface area contributed by atoms with Crippen LogP contribution in [-0.4, -0.2) is 0 Å². The van der Waals surface area contributed by atoms with Crippen LogP contribution in [0.3, 0.4) is 0 Å². The molecule has 0 spiro atoms. The van der Waals surface area contributed by atoms with Crippen LogP contribution in [0, 0.1) is 0 Å². The fourth-order valence-electron chi connectivity index (χ4n) is 4.10. The predicted molar refractivity (Wildman–Crippen MR) is 126 cm³/mol. The van der Waals surface area contributed by atoms with E-state index >= 15 is 0 Å². The summed E-state index contributed by atoms with van der Waals surface area (Å²) in [5, 5.41) is 7.78. The van der Waals surface area contributed by atoms with Gasteiger partial charge in [-0.1, -0.05) is 110 Å². The Morgan fingerprint density at radius 1 is 0.464 bits per heavy atom. The molecular weight excluding hydrogens is 336 g/mol. The lowest BCUT2D eigenvalue weighted by Gasteiger charge is -2.14. The summed E-state index contributed by atoms with van der Waals surface area (Å²) < 4.78 is 0. The van der Waals surface area contributed by atoms with Gasteiger partial charge in [0.05, 0.1) is 0 Å². The molecule has 0 fully saturated rings. The van der Waals surface area contributed by atoms with Crippen LogP contribution in [0.15, 0.2) is 86.0 Å². The van der Waals surface area contributed by atoms with Crippen molar-refractivity contribution in [3.63, 3.8) is 0 Å². The van der Waals surface area contributed by atoms with E-state index in [1.165, 1.54) is 49.0 Å². The first-order chi connectivity index (χ1) is 13.8. The summed E-state index contributed by atoms with van der Waals surface area (Å²) in [6.45, 7) is 7.81. The maximum atomic E-state index is 3.99. The summed E-state index contributed by atoms with van der Waals surface area (Å²) in [6, 6.07) is 26.1. The maximum Gasteiger partial charge on any atom is -0.00206 e. The van der Waals surface area contributed by atoms with Gasteiger partial charge in [0.25, 0.3) is 0 Å². The third-order valence-corrected chi connectivity index (χ3v) is 5.58. The molecular formula is C28H20. The van der Waals surface area contributed by atoms with Crippen molar-refractivity contribution < 1.29 is 0 Å². The van der Waals surface area contributed by atoms with Gasteiger partial charge < -0.3 is 0 Å². The van der Waals surface area contributed by atoms with Crippen molar-refractivity contribution in [1.82, 2.24) is 0 Å². The van der Waals surface area contributed by atoms with E-state index in [-0.39, 0.29) is 0 Å². The molecule has 0 atom stereocenters. The molecule has 0 aromatic heterocycles. The van der Waals surface area contributed by atoms with E-state index < -0.39 is 0 Å². The number of rotatable bonds is 4. The van der Waals surface area contributed by atoms with E-state index in [9.17, 15) is 0 Å². The minimum atomic E-state index is 1.14. The first kappa shape index (κ1) is 16.5. The van der Waals surface area contributed by atoms with Crippen molar-refractivity contribution in [1.29, 1.82) is 0 Å². The van der Waals surface area contributed by atoms with Crippen molar-refractivity contribution in [2.75, 3.05) is 0 Å². The molecule has 0 aliphatic heterocycles. The number of hydrogen-bond acceptors (Lipinski definition) is 0. The molecule has 28 heavy (non-hydrogen) atoms. The Morgan fingerprint density at radius 3 is 1.61 bits per heavy atom. The Labute approximate surface area is 165 Å². The molecule has 0 unspecified atom stereocenters. The predicted octanol–water partition coefficient (Wildman–Crippen LogP) is 8.04. The number of hydrogen-bond donors (Lipinski definition) is 0. The summed E-state index contributed by atoms with van der Waals surface area (Å²) in [5.41, 5.74) is 4.74. The lowest BCUT2D eigenvalue weighted by Crippen LogP contribution is -1.88. The number of benzene rings is 5. The van der Waals surface area contributed by atoms with Crippen LogP contribution >= 0.6 is 0 Å². The van der Waals surface area contributed by atoms with E-state index in [0.29, 0.717) is 0 Å². The molecule has 0 amide bonds. The molecule has 5 rings (SSSR count). The average molecular weight is 356 g/mol. The van der Waals surface area contributed by atoms with Crippen molar-refractivity contribution in [3.8, 4) is 0 Å². The van der Waals surface area contributed by atoms with Crippen LogP contribution in [0.4, 0.5) is 0 Å². The van der Waals surface area contributed by atoms with Gasteiger partial charge in [-0.2, -0.15) is 0 Å². The van der Waals surface area contributed by atoms with E-state index in [2.05, 4.69) is 98.1 Å². The highest BCUT2D eigenvalue weighted by molar-refractivity contribution is 6.25. The topological polar surface area (TPSA) is 0 Å². The zero-order valence-electron chi connectivity index (χ0n) is 15.7. The van der Waals surface area contributed by atoms with Crippen LogP contribution in [0.5, 0.6) is 0 Å². The largest absolute Gasteiger partial charge is 0.0985 e. The molecule has 0 heterocycles. The Bertz CT molecular complexity index is 1360. The van der Waals surface area contributed by atoms with Gasteiger partial charge >= 0.3 is 0 Å². The molecule has 132 valence electrons. The quantitative estimate of drug-likeness (QED) is 0.226. The van der Waals surface area contributed by atoms with Crippen molar-refractivity contribution in [2.45, 2.75) is 0 Å². The van der Waals surface area contributed by atoms with Gasteiger partial charge in [0.1, 0.15) is 0 Å². The molecule has 0 N–H and O–H groups in total. The van der Waals surface area contributed by atoms with Crippen molar-refractivity contribution in [2.24, 2.45) is 0 Å². The van der Waals surface area contributed by atoms with Gasteiger partial charge in [-0.25, -0.2) is 0 Å². The third kappa shape index (κ3) is 2.54. The Kier molecular flexibility index (Phi) is 3.84. The monoisotopic (exact) mass is 356 g/mol. The first-order valence-electron chi connectivity index (χ1n) is 9.52. The van der Waals surface area contributed by atoms with Crippen molar-refractivity contribution in [3.05, 3.63) is 108 Å². The molecule has 0 aliphatic carbocycles. The van der Waals surface area contributed by atoms with Crippen LogP contribution in [-0.2, 0) is 0 Å². The average Bonchev–Trinajstić information content (AvgIpc) is 2.76. The molecule has 0 nitrogen and oxygen atoms in total. The van der Waals surface area contributed by atoms with Crippen LogP contribution in [0.2, 0.25) is 0 Å². The highest BCUT2D eigenvalue weighted by atomic mass is 14.1. The molecule has 0 saturated carbocycles. The Morgan fingerprint density at radius 2 is 1.00 bits per heavy atom. The van der Waals surface area contributed by atoms with Gasteiger partial charge in [-0.3, -0.25) is 0 Å². The van der Waals surface area contributed by atoms with Gasteiger partial charge in [0, 0.05) is 0 Å². The lowest BCUT2D eigenvalue weighted by molar-refractivity contribution is 1.63. The molecule has 5 aromatic rings. The summed E-state index contributed by atoms with van der Waals surface area (Å²) in [7, 11) is 0. The zero-order chi connectivity index (χ0) is 19.1. The molecule has 0 saturated heterocycles. The first-order valence-corrected chi connectivity index (χ1v) is 9.52. The third-order valence-electron chi connectivity index (χ3n) is 5.58. The second-order valence-electron chi connectivity index (χ2n) is 7.14. The van der Waals surface area contributed by atoms with Gasteiger partial charge in [0.2, 0.25) is 0 Å². The zero-order valence-corrected chi connectivity index (χ0v) is 15.7. The van der Waals surface area contributed by atoms with E-state index in [4.69, 9.17) is 0 Å². The molecule has 0 aliphatic rings. The molecule has 0 bridgehead atoms. The van der Waals surface area contributed by atoms with E-state index in [1.54, 1.807) is 0 Å². The van der Waals surface area contributed by atoms with Crippen LogP contribution in [0.25, 0.3) is 56.6 Å². The Hall–Kier alpha value is -3.64. The van der Waals surface area contributed by atoms with E-state index in [1.807, 2.05) is 12.2 Å². The summed E-state index contributed by atoms with van der Waals surface area (Å²) in [4.78, 5) is 0. The summed E-state index contributed by atoms with van der Waals surface area (Å²) in [5.74, 6) is 0. The molecule has 5 aromatic carbocycles. The SMILES string of the molecule is C=Cc1ccc(/C=C/c2ccc3ccc4c(C=C)ccc5ccc2c3c54)cc1. The second kappa shape index (κ2) is 6.51. The molecule has 0 heteroatoms. The van der Waals surface area contributed by atoms with Gasteiger partial charge in [-0.15, -0.1) is 0 Å². The maximum absolute atomic E-state index is 3.99. The minimum Gasteiger partial charge on any atom is -0.0985 e. The minimum absolute atomic E-state index is 1.14. The summed E-state index contributed by atoms with van der Waals surface area (Å²) >= 11 is 0. The van der Waals surface area contributed by atoms with Gasteiger partial charge in [-0.05, 0) is 54.6 Å². The Balaban J connectivity index is 1.72. The molecule has 0 radical (unpaired) electrons. The normalized spacial score (nSPS) is 11.7.